The molecule has 2 heterocycles. The number of fused-ring (bicyclic) bond motifs is 9. The molecule has 55 heavy (non-hydrogen) atoms. The fourth-order valence-electron chi connectivity index (χ4n) is 8.14. The normalized spacial score (nSPS) is 11.6. The van der Waals surface area contributed by atoms with Crippen LogP contribution in [-0.2, 0) is 0 Å². The Balaban J connectivity index is 1.19. The average molecular weight is 702 g/mol. The molecule has 4 nitrogen and oxygen atoms in total. The summed E-state index contributed by atoms with van der Waals surface area (Å²) in [4.78, 5) is 15.7. The van der Waals surface area contributed by atoms with Gasteiger partial charge in [-0.1, -0.05) is 164 Å². The third kappa shape index (κ3) is 5.19. The first-order valence-electron chi connectivity index (χ1n) is 18.5. The molecule has 0 aliphatic carbocycles. The van der Waals surface area contributed by atoms with Crippen molar-refractivity contribution >= 4 is 54.3 Å². The molecular formula is C51H31N3O. The minimum Gasteiger partial charge on any atom is -0.456 e. The molecule has 0 fully saturated rings. The van der Waals surface area contributed by atoms with Crippen LogP contribution in [0.25, 0.3) is 111 Å². The molecule has 0 aliphatic rings. The number of nitrogens with zero attached hydrogens (tertiary/aromatic N) is 3. The van der Waals surface area contributed by atoms with Crippen molar-refractivity contribution in [3.05, 3.63) is 188 Å². The van der Waals surface area contributed by atoms with Gasteiger partial charge in [-0.3, -0.25) is 0 Å². The van der Waals surface area contributed by atoms with Gasteiger partial charge in [0.1, 0.15) is 11.2 Å². The van der Waals surface area contributed by atoms with E-state index in [2.05, 4.69) is 152 Å². The van der Waals surface area contributed by atoms with Gasteiger partial charge in [-0.25, -0.2) is 15.0 Å². The van der Waals surface area contributed by atoms with E-state index in [0.717, 1.165) is 60.9 Å². The predicted molar refractivity (Wildman–Crippen MR) is 227 cm³/mol. The van der Waals surface area contributed by atoms with Crippen molar-refractivity contribution in [3.8, 4) is 56.4 Å². The van der Waals surface area contributed by atoms with E-state index in [1.54, 1.807) is 0 Å². The average Bonchev–Trinajstić information content (AvgIpc) is 3.65. The number of hydrogen-bond acceptors (Lipinski definition) is 4. The van der Waals surface area contributed by atoms with Gasteiger partial charge in [-0.15, -0.1) is 0 Å². The highest BCUT2D eigenvalue weighted by Gasteiger charge is 2.22. The molecule has 0 amide bonds. The van der Waals surface area contributed by atoms with Crippen molar-refractivity contribution in [2.75, 3.05) is 0 Å². The molecule has 256 valence electrons. The van der Waals surface area contributed by atoms with Gasteiger partial charge in [0.05, 0.1) is 0 Å². The second-order valence-corrected chi connectivity index (χ2v) is 13.9. The Kier molecular flexibility index (Phi) is 7.14. The van der Waals surface area contributed by atoms with Gasteiger partial charge in [-0.05, 0) is 78.8 Å². The van der Waals surface area contributed by atoms with E-state index < -0.39 is 0 Å². The van der Waals surface area contributed by atoms with Gasteiger partial charge in [0.2, 0.25) is 0 Å². The van der Waals surface area contributed by atoms with Crippen molar-refractivity contribution in [3.63, 3.8) is 0 Å². The fraction of sp³-hybridized carbons (Fsp3) is 0. The Labute approximate surface area is 317 Å². The Bertz CT molecular complexity index is 3210. The second kappa shape index (κ2) is 12.6. The van der Waals surface area contributed by atoms with E-state index in [1.807, 2.05) is 36.4 Å². The first-order valence-corrected chi connectivity index (χ1v) is 18.5. The van der Waals surface area contributed by atoms with Gasteiger partial charge in [0.15, 0.2) is 17.5 Å². The summed E-state index contributed by atoms with van der Waals surface area (Å²) in [5.41, 5.74) is 8.74. The first-order chi connectivity index (χ1) is 27.3. The van der Waals surface area contributed by atoms with Gasteiger partial charge in [-0.2, -0.15) is 0 Å². The Morgan fingerprint density at radius 3 is 1.40 bits per heavy atom. The van der Waals surface area contributed by atoms with Crippen LogP contribution in [0.1, 0.15) is 0 Å². The molecule has 0 spiro atoms. The highest BCUT2D eigenvalue weighted by atomic mass is 16.3. The number of aromatic nitrogens is 3. The number of hydrogen-bond donors (Lipinski definition) is 0. The molecule has 0 bridgehead atoms. The van der Waals surface area contributed by atoms with E-state index in [9.17, 15) is 0 Å². The van der Waals surface area contributed by atoms with Crippen molar-refractivity contribution in [2.24, 2.45) is 0 Å². The van der Waals surface area contributed by atoms with Crippen LogP contribution in [0.5, 0.6) is 0 Å². The zero-order chi connectivity index (χ0) is 36.3. The molecule has 11 aromatic rings. The zero-order valence-electron chi connectivity index (χ0n) is 29.6. The van der Waals surface area contributed by atoms with Crippen LogP contribution in [0.2, 0.25) is 0 Å². The lowest BCUT2D eigenvalue weighted by molar-refractivity contribution is 0.669. The minimum atomic E-state index is 0.589. The van der Waals surface area contributed by atoms with Crippen LogP contribution >= 0.6 is 0 Å². The van der Waals surface area contributed by atoms with Crippen molar-refractivity contribution in [2.45, 2.75) is 0 Å². The van der Waals surface area contributed by atoms with E-state index >= 15 is 0 Å². The topological polar surface area (TPSA) is 51.8 Å². The molecule has 0 aliphatic heterocycles. The van der Waals surface area contributed by atoms with Gasteiger partial charge in [0, 0.05) is 27.5 Å². The van der Waals surface area contributed by atoms with Crippen LogP contribution in [-0.4, -0.2) is 15.0 Å². The summed E-state index contributed by atoms with van der Waals surface area (Å²) < 4.78 is 6.50. The zero-order valence-corrected chi connectivity index (χ0v) is 29.6. The third-order valence-electron chi connectivity index (χ3n) is 10.7. The maximum Gasteiger partial charge on any atom is 0.165 e. The van der Waals surface area contributed by atoms with Crippen molar-refractivity contribution in [1.82, 2.24) is 15.0 Å². The second-order valence-electron chi connectivity index (χ2n) is 13.9. The molecule has 4 heteroatoms. The van der Waals surface area contributed by atoms with Crippen LogP contribution in [0.15, 0.2) is 192 Å². The lowest BCUT2D eigenvalue weighted by Crippen LogP contribution is -2.01. The number of benzene rings is 9. The molecule has 0 saturated carbocycles. The molecular weight excluding hydrogens is 671 g/mol. The monoisotopic (exact) mass is 701 g/mol. The summed E-state index contributed by atoms with van der Waals surface area (Å²) in [6.45, 7) is 0. The minimum absolute atomic E-state index is 0.589. The van der Waals surface area contributed by atoms with Crippen LogP contribution < -0.4 is 0 Å². The maximum absolute atomic E-state index is 6.50. The molecule has 0 saturated heterocycles. The molecule has 0 N–H and O–H groups in total. The summed E-state index contributed by atoms with van der Waals surface area (Å²) in [6, 6.07) is 65.7. The van der Waals surface area contributed by atoms with Gasteiger partial charge in [0.25, 0.3) is 0 Å². The first kappa shape index (κ1) is 31.1. The largest absolute Gasteiger partial charge is 0.456 e. The summed E-state index contributed by atoms with van der Waals surface area (Å²) >= 11 is 0. The quantitative estimate of drug-likeness (QED) is 0.168. The van der Waals surface area contributed by atoms with Crippen molar-refractivity contribution < 1.29 is 4.42 Å². The van der Waals surface area contributed by atoms with E-state index in [-0.39, 0.29) is 0 Å². The summed E-state index contributed by atoms with van der Waals surface area (Å²) in [5, 5.41) is 9.39. The Hall–Kier alpha value is -7.43. The van der Waals surface area contributed by atoms with E-state index in [0.29, 0.717) is 17.5 Å². The Morgan fingerprint density at radius 2 is 0.745 bits per heavy atom. The van der Waals surface area contributed by atoms with Crippen molar-refractivity contribution in [1.29, 1.82) is 0 Å². The molecule has 0 atom stereocenters. The molecule has 0 unspecified atom stereocenters. The van der Waals surface area contributed by atoms with Gasteiger partial charge >= 0.3 is 0 Å². The summed E-state index contributed by atoms with van der Waals surface area (Å²) in [7, 11) is 0. The van der Waals surface area contributed by atoms with Crippen LogP contribution in [0.3, 0.4) is 0 Å². The Morgan fingerprint density at radius 1 is 0.291 bits per heavy atom. The van der Waals surface area contributed by atoms with Crippen LogP contribution in [0.4, 0.5) is 0 Å². The molecule has 0 radical (unpaired) electrons. The highest BCUT2D eigenvalue weighted by molar-refractivity contribution is 6.26. The lowest BCUT2D eigenvalue weighted by Gasteiger charge is -2.15. The molecule has 9 aromatic carbocycles. The maximum atomic E-state index is 6.50. The highest BCUT2D eigenvalue weighted by Crippen LogP contribution is 2.44. The number of rotatable bonds is 5. The van der Waals surface area contributed by atoms with Crippen LogP contribution in [0, 0.1) is 0 Å². The standard InChI is InChI=1S/C51H31N3O/c1-3-13-32(14-4-1)33-23-25-35(26-24-33)50-52-49(34-15-5-2-6-16-34)53-51(54-50)48-37(29-30-46-47(48)43-21-11-12-22-45(43)55-46)36-27-28-42-40-19-8-7-17-38(40)39-18-9-10-20-41(39)44(42)31-36/h1-31H. The SMILES string of the molecule is c1ccc(-c2ccc(-c3nc(-c4ccccc4)nc(-c4c(-c5ccc6c7ccccc7c7ccccc7c6c5)ccc5oc6ccccc6c45)n3)cc2)cc1. The number of furan rings is 1. The fourth-order valence-corrected chi connectivity index (χ4v) is 8.14. The van der Waals surface area contributed by atoms with Gasteiger partial charge < -0.3 is 4.42 Å². The predicted octanol–water partition coefficient (Wildman–Crippen LogP) is 13.6. The van der Waals surface area contributed by atoms with E-state index in [4.69, 9.17) is 19.4 Å². The third-order valence-corrected chi connectivity index (χ3v) is 10.7. The summed E-state index contributed by atoms with van der Waals surface area (Å²) in [5.74, 6) is 1.81. The van der Waals surface area contributed by atoms with E-state index in [1.165, 1.54) is 32.3 Å². The summed E-state index contributed by atoms with van der Waals surface area (Å²) in [6.07, 6.45) is 0. The smallest absolute Gasteiger partial charge is 0.165 e. The molecule has 2 aromatic heterocycles. The number of para-hydroxylation sites is 1. The molecule has 11 rings (SSSR count). The lowest BCUT2D eigenvalue weighted by atomic mass is 9.90.